The fraction of sp³-hybridized carbons (Fsp3) is 0.200. The fourth-order valence-electron chi connectivity index (χ4n) is 4.51. The van der Waals surface area contributed by atoms with E-state index in [4.69, 9.17) is 9.97 Å². The van der Waals surface area contributed by atoms with Gasteiger partial charge in [-0.2, -0.15) is 0 Å². The van der Waals surface area contributed by atoms with E-state index in [1.54, 1.807) is 25.4 Å². The second-order valence-electron chi connectivity index (χ2n) is 9.47. The minimum atomic E-state index is -0.311. The first-order valence-corrected chi connectivity index (χ1v) is 12.7. The number of likely N-dealkylation sites (N-methyl/N-ethyl adjacent to an activating group) is 2. The van der Waals surface area contributed by atoms with Crippen molar-refractivity contribution < 1.29 is 9.18 Å². The van der Waals surface area contributed by atoms with Crippen molar-refractivity contribution in [2.75, 3.05) is 26.0 Å². The van der Waals surface area contributed by atoms with Crippen molar-refractivity contribution in [2.24, 2.45) is 0 Å². The molecule has 0 saturated heterocycles. The first-order chi connectivity index (χ1) is 18.9. The zero-order valence-corrected chi connectivity index (χ0v) is 22.1. The van der Waals surface area contributed by atoms with Crippen molar-refractivity contribution in [3.63, 3.8) is 0 Å². The molecule has 0 aliphatic heterocycles. The van der Waals surface area contributed by atoms with E-state index in [9.17, 15) is 9.18 Å². The van der Waals surface area contributed by atoms with Crippen LogP contribution in [0.3, 0.4) is 0 Å². The molecule has 0 unspecified atom stereocenters. The van der Waals surface area contributed by atoms with Crippen LogP contribution in [0, 0.1) is 5.82 Å². The van der Waals surface area contributed by atoms with Crippen LogP contribution in [0.25, 0.3) is 28.3 Å². The minimum Gasteiger partial charge on any atom is -0.358 e. The van der Waals surface area contributed by atoms with Gasteiger partial charge in [-0.05, 0) is 67.6 Å². The maximum Gasteiger partial charge on any atom is 0.233 e. The predicted molar refractivity (Wildman–Crippen MR) is 150 cm³/mol. The van der Waals surface area contributed by atoms with Crippen LogP contribution in [0.4, 0.5) is 10.3 Å². The summed E-state index contributed by atoms with van der Waals surface area (Å²) in [4.78, 5) is 27.9. The normalized spacial score (nSPS) is 12.0. The Bertz CT molecular complexity index is 1580. The van der Waals surface area contributed by atoms with Crippen LogP contribution in [0.5, 0.6) is 0 Å². The smallest absolute Gasteiger partial charge is 0.233 e. The van der Waals surface area contributed by atoms with E-state index in [2.05, 4.69) is 34.7 Å². The number of benzene rings is 2. The Morgan fingerprint density at radius 1 is 1.05 bits per heavy atom. The zero-order valence-electron chi connectivity index (χ0n) is 22.1. The molecule has 3 aromatic heterocycles. The number of fused-ring (bicyclic) bond motifs is 1. The number of carbonyl (C=O) groups excluding carboxylic acids is 1. The lowest BCUT2D eigenvalue weighted by atomic mass is 10.1. The molecule has 9 heteroatoms. The summed E-state index contributed by atoms with van der Waals surface area (Å²) in [5.74, 6) is 0.139. The Morgan fingerprint density at radius 3 is 2.56 bits per heavy atom. The van der Waals surface area contributed by atoms with Gasteiger partial charge in [-0.15, -0.1) is 0 Å². The number of pyridine rings is 1. The molecule has 2 N–H and O–H groups in total. The summed E-state index contributed by atoms with van der Waals surface area (Å²) in [5, 5.41) is 6.03. The van der Waals surface area contributed by atoms with Gasteiger partial charge in [-0.25, -0.2) is 19.3 Å². The fourth-order valence-corrected chi connectivity index (χ4v) is 4.51. The van der Waals surface area contributed by atoms with E-state index in [1.807, 2.05) is 58.9 Å². The number of nitrogens with zero attached hydrogens (tertiary/aromatic N) is 5. The highest BCUT2D eigenvalue weighted by Crippen LogP contribution is 2.33. The molecule has 0 fully saturated rings. The lowest BCUT2D eigenvalue weighted by Gasteiger charge is -2.16. The quantitative estimate of drug-likeness (QED) is 0.284. The number of hydrogen-bond acceptors (Lipinski definition) is 6. The maximum atomic E-state index is 13.7. The minimum absolute atomic E-state index is 0.00883. The highest BCUT2D eigenvalue weighted by atomic mass is 19.1. The monoisotopic (exact) mass is 523 g/mol. The molecular formula is C30H30FN7O. The van der Waals surface area contributed by atoms with Gasteiger partial charge in [-0.3, -0.25) is 14.1 Å². The van der Waals surface area contributed by atoms with Crippen molar-refractivity contribution in [2.45, 2.75) is 19.5 Å². The molecule has 198 valence electrons. The standard InChI is InChI=1S/C30H30FN7O/c1-20(22-7-5-4-6-8-22)34-30-33-15-13-25(35-30)29-28(23-9-11-24(31)12-10-23)36-26-17-21(14-16-38(26)29)18-37(3)19-27(39)32-2/h4-17,20H,18-19H2,1-3H3,(H,32,39)(H,33,34,35)/t20-/m0/s1. The number of anilines is 1. The molecule has 3 heterocycles. The van der Waals surface area contributed by atoms with Crippen LogP contribution in [-0.4, -0.2) is 50.8 Å². The Labute approximate surface area is 226 Å². The third-order valence-corrected chi connectivity index (χ3v) is 6.50. The number of rotatable bonds is 9. The topological polar surface area (TPSA) is 87.5 Å². The van der Waals surface area contributed by atoms with Gasteiger partial charge in [0.25, 0.3) is 0 Å². The Kier molecular flexibility index (Phi) is 7.60. The molecule has 5 rings (SSSR count). The average Bonchev–Trinajstić information content (AvgIpc) is 3.32. The average molecular weight is 524 g/mol. The molecule has 2 aromatic carbocycles. The summed E-state index contributed by atoms with van der Waals surface area (Å²) in [6, 6.07) is 22.3. The van der Waals surface area contributed by atoms with E-state index in [0.717, 1.165) is 28.0 Å². The number of hydrogen-bond donors (Lipinski definition) is 2. The van der Waals surface area contributed by atoms with E-state index < -0.39 is 0 Å². The van der Waals surface area contributed by atoms with Crippen molar-refractivity contribution >= 4 is 17.5 Å². The number of nitrogens with one attached hydrogen (secondary N) is 2. The summed E-state index contributed by atoms with van der Waals surface area (Å²) in [6.45, 7) is 2.93. The van der Waals surface area contributed by atoms with Gasteiger partial charge in [0.1, 0.15) is 11.5 Å². The number of imidazole rings is 1. The van der Waals surface area contributed by atoms with Crippen molar-refractivity contribution in [3.8, 4) is 22.6 Å². The molecule has 1 atom stereocenters. The number of halogens is 1. The summed E-state index contributed by atoms with van der Waals surface area (Å²) in [7, 11) is 3.52. The van der Waals surface area contributed by atoms with Gasteiger partial charge in [0.05, 0.1) is 29.7 Å². The summed E-state index contributed by atoms with van der Waals surface area (Å²) >= 11 is 0. The Morgan fingerprint density at radius 2 is 1.82 bits per heavy atom. The Balaban J connectivity index is 1.54. The molecule has 39 heavy (non-hydrogen) atoms. The van der Waals surface area contributed by atoms with Gasteiger partial charge >= 0.3 is 0 Å². The molecule has 5 aromatic rings. The molecule has 0 bridgehead atoms. The second kappa shape index (κ2) is 11.4. The molecule has 8 nitrogen and oxygen atoms in total. The number of carbonyl (C=O) groups is 1. The van der Waals surface area contributed by atoms with Crippen molar-refractivity contribution in [3.05, 3.63) is 102 Å². The summed E-state index contributed by atoms with van der Waals surface area (Å²) in [5.41, 5.74) is 5.79. The van der Waals surface area contributed by atoms with E-state index >= 15 is 0 Å². The van der Waals surface area contributed by atoms with Crippen LogP contribution in [0.2, 0.25) is 0 Å². The first kappa shape index (κ1) is 26.0. The van der Waals surface area contributed by atoms with E-state index in [0.29, 0.717) is 30.4 Å². The molecule has 0 saturated carbocycles. The third-order valence-electron chi connectivity index (χ3n) is 6.50. The van der Waals surface area contributed by atoms with Gasteiger partial charge in [0.15, 0.2) is 0 Å². The summed E-state index contributed by atoms with van der Waals surface area (Å²) < 4.78 is 15.7. The van der Waals surface area contributed by atoms with Gasteiger partial charge in [0, 0.05) is 31.5 Å². The molecule has 0 radical (unpaired) electrons. The Hall–Kier alpha value is -4.63. The van der Waals surface area contributed by atoms with Crippen LogP contribution >= 0.6 is 0 Å². The molecule has 1 amide bonds. The van der Waals surface area contributed by atoms with Gasteiger partial charge in [0.2, 0.25) is 11.9 Å². The van der Waals surface area contributed by atoms with E-state index in [1.165, 1.54) is 12.1 Å². The third kappa shape index (κ3) is 5.94. The highest BCUT2D eigenvalue weighted by molar-refractivity contribution is 5.81. The van der Waals surface area contributed by atoms with Gasteiger partial charge in [-0.1, -0.05) is 30.3 Å². The zero-order chi connectivity index (χ0) is 27.4. The largest absolute Gasteiger partial charge is 0.358 e. The molecule has 0 aliphatic carbocycles. The number of aromatic nitrogens is 4. The summed E-state index contributed by atoms with van der Waals surface area (Å²) in [6.07, 6.45) is 3.67. The SMILES string of the molecule is CNC(=O)CN(C)Cc1ccn2c(-c3ccnc(N[C@@H](C)c4ccccc4)n3)c(-c3ccc(F)cc3)nc2c1. The van der Waals surface area contributed by atoms with Crippen LogP contribution in [0.1, 0.15) is 24.1 Å². The van der Waals surface area contributed by atoms with Crippen molar-refractivity contribution in [1.29, 1.82) is 0 Å². The first-order valence-electron chi connectivity index (χ1n) is 12.7. The van der Waals surface area contributed by atoms with Gasteiger partial charge < -0.3 is 10.6 Å². The van der Waals surface area contributed by atoms with E-state index in [-0.39, 0.29) is 17.8 Å². The van der Waals surface area contributed by atoms with Crippen LogP contribution < -0.4 is 10.6 Å². The van der Waals surface area contributed by atoms with Crippen molar-refractivity contribution in [1.82, 2.24) is 29.6 Å². The number of amides is 1. The lowest BCUT2D eigenvalue weighted by molar-refractivity contribution is -0.121. The lowest BCUT2D eigenvalue weighted by Crippen LogP contribution is -2.32. The predicted octanol–water partition coefficient (Wildman–Crippen LogP) is 4.95. The molecule has 0 aliphatic rings. The molecular weight excluding hydrogens is 493 g/mol. The van der Waals surface area contributed by atoms with Crippen LogP contribution in [0.15, 0.2) is 85.2 Å². The highest BCUT2D eigenvalue weighted by Gasteiger charge is 2.19. The van der Waals surface area contributed by atoms with Crippen LogP contribution in [-0.2, 0) is 11.3 Å². The maximum absolute atomic E-state index is 13.7. The molecule has 0 spiro atoms. The second-order valence-corrected chi connectivity index (χ2v) is 9.47.